The molecule has 0 spiro atoms. The third-order valence-electron chi connectivity index (χ3n) is 3.80. The summed E-state index contributed by atoms with van der Waals surface area (Å²) >= 11 is 0. The van der Waals surface area contributed by atoms with Gasteiger partial charge in [0.25, 0.3) is 0 Å². The summed E-state index contributed by atoms with van der Waals surface area (Å²) in [6.07, 6.45) is 0. The molecule has 0 aliphatic rings. The van der Waals surface area contributed by atoms with Crippen molar-refractivity contribution in [1.29, 1.82) is 0 Å². The molecule has 0 aliphatic carbocycles. The lowest BCUT2D eigenvalue weighted by Crippen LogP contribution is -2.29. The van der Waals surface area contributed by atoms with Crippen LogP contribution in [-0.4, -0.2) is 36.5 Å². The third-order valence-corrected chi connectivity index (χ3v) is 3.80. The van der Waals surface area contributed by atoms with Gasteiger partial charge in [0.1, 0.15) is 0 Å². The van der Waals surface area contributed by atoms with E-state index in [-0.39, 0.29) is 13.2 Å². The summed E-state index contributed by atoms with van der Waals surface area (Å²) in [4.78, 5) is 1.92. The van der Waals surface area contributed by atoms with Crippen LogP contribution in [0.15, 0.2) is 58.8 Å². The highest BCUT2D eigenvalue weighted by molar-refractivity contribution is 5.53. The third kappa shape index (κ3) is 5.15. The highest BCUT2D eigenvalue weighted by Crippen LogP contribution is 2.23. The summed E-state index contributed by atoms with van der Waals surface area (Å²) in [5.74, 6) is 0.504. The highest BCUT2D eigenvalue weighted by atomic mass is 16.3. The van der Waals surface area contributed by atoms with Crippen LogP contribution in [0.2, 0.25) is 0 Å². The van der Waals surface area contributed by atoms with Crippen LogP contribution in [0.1, 0.15) is 25.3 Å². The largest absolute Gasteiger partial charge is 0.395 e. The van der Waals surface area contributed by atoms with Crippen LogP contribution < -0.4 is 4.90 Å². The fourth-order valence-corrected chi connectivity index (χ4v) is 2.38. The van der Waals surface area contributed by atoms with Crippen LogP contribution in [-0.2, 0) is 0 Å². The smallest absolute Gasteiger partial charge is 0.0858 e. The van der Waals surface area contributed by atoms with E-state index in [0.29, 0.717) is 19.0 Å². The molecule has 2 aromatic rings. The average molecular weight is 327 g/mol. The molecule has 5 nitrogen and oxygen atoms in total. The molecule has 0 heterocycles. The molecular weight excluding hydrogens is 302 g/mol. The maximum Gasteiger partial charge on any atom is 0.0858 e. The number of rotatable bonds is 8. The van der Waals surface area contributed by atoms with Crippen molar-refractivity contribution in [1.82, 2.24) is 0 Å². The molecule has 2 N–H and O–H groups in total. The minimum absolute atomic E-state index is 0.0494. The first-order valence-corrected chi connectivity index (χ1v) is 8.22. The van der Waals surface area contributed by atoms with Crippen LogP contribution in [0.4, 0.5) is 17.1 Å². The summed E-state index contributed by atoms with van der Waals surface area (Å²) < 4.78 is 0. The van der Waals surface area contributed by atoms with E-state index in [2.05, 4.69) is 36.2 Å². The molecule has 24 heavy (non-hydrogen) atoms. The second-order valence-corrected chi connectivity index (χ2v) is 5.90. The predicted molar refractivity (Wildman–Crippen MR) is 97.5 cm³/mol. The zero-order chi connectivity index (χ0) is 17.4. The van der Waals surface area contributed by atoms with Crippen molar-refractivity contribution < 1.29 is 10.2 Å². The Balaban J connectivity index is 2.04. The molecule has 0 unspecified atom stereocenters. The van der Waals surface area contributed by atoms with Gasteiger partial charge in [0.2, 0.25) is 0 Å². The van der Waals surface area contributed by atoms with Gasteiger partial charge in [-0.3, -0.25) is 0 Å². The maximum absolute atomic E-state index is 9.09. The Hall–Kier alpha value is -2.24. The molecule has 0 aromatic heterocycles. The number of benzene rings is 2. The lowest BCUT2D eigenvalue weighted by molar-refractivity contribution is 0.281. The molecule has 5 heteroatoms. The monoisotopic (exact) mass is 327 g/mol. The quantitative estimate of drug-likeness (QED) is 0.720. The van der Waals surface area contributed by atoms with Gasteiger partial charge in [-0.05, 0) is 47.9 Å². The molecule has 0 saturated heterocycles. The summed E-state index contributed by atoms with van der Waals surface area (Å²) in [5.41, 5.74) is 3.81. The molecule has 128 valence electrons. The van der Waals surface area contributed by atoms with Crippen molar-refractivity contribution in [2.75, 3.05) is 31.2 Å². The molecule has 0 atom stereocenters. The van der Waals surface area contributed by atoms with Crippen LogP contribution in [0, 0.1) is 0 Å². The van der Waals surface area contributed by atoms with E-state index in [1.54, 1.807) is 0 Å². The van der Waals surface area contributed by atoms with Crippen LogP contribution in [0.5, 0.6) is 0 Å². The van der Waals surface area contributed by atoms with Gasteiger partial charge in [-0.2, -0.15) is 10.2 Å². The molecule has 0 radical (unpaired) electrons. The van der Waals surface area contributed by atoms with E-state index < -0.39 is 0 Å². The van der Waals surface area contributed by atoms with Crippen LogP contribution >= 0.6 is 0 Å². The van der Waals surface area contributed by atoms with E-state index in [0.717, 1.165) is 17.1 Å². The van der Waals surface area contributed by atoms with Gasteiger partial charge in [-0.1, -0.05) is 26.0 Å². The SMILES string of the molecule is CC(C)c1ccc(N=Nc2ccc(N(CCO)CCO)cc2)cc1. The van der Waals surface area contributed by atoms with Crippen molar-refractivity contribution >= 4 is 17.1 Å². The van der Waals surface area contributed by atoms with Gasteiger partial charge in [-0.25, -0.2) is 0 Å². The normalized spacial score (nSPS) is 11.4. The zero-order valence-corrected chi connectivity index (χ0v) is 14.3. The van der Waals surface area contributed by atoms with Gasteiger partial charge in [0.15, 0.2) is 0 Å². The Morgan fingerprint density at radius 2 is 1.25 bits per heavy atom. The van der Waals surface area contributed by atoms with E-state index >= 15 is 0 Å². The molecular formula is C19H25N3O2. The standard InChI is InChI=1S/C19H25N3O2/c1-15(2)16-3-5-17(6-4-16)20-21-18-7-9-19(10-8-18)22(11-13-23)12-14-24/h3-10,15,23-24H,11-14H2,1-2H3. The predicted octanol–water partition coefficient (Wildman–Crippen LogP) is 4.02. The average Bonchev–Trinajstić information content (AvgIpc) is 2.60. The lowest BCUT2D eigenvalue weighted by Gasteiger charge is -2.22. The number of aliphatic hydroxyl groups excluding tert-OH is 2. The van der Waals surface area contributed by atoms with Crippen molar-refractivity contribution in [2.24, 2.45) is 10.2 Å². The minimum atomic E-state index is 0.0494. The molecule has 2 aromatic carbocycles. The van der Waals surface area contributed by atoms with Gasteiger partial charge in [0.05, 0.1) is 24.6 Å². The van der Waals surface area contributed by atoms with Crippen LogP contribution in [0.3, 0.4) is 0 Å². The number of azo groups is 1. The number of anilines is 1. The van der Waals surface area contributed by atoms with E-state index in [1.165, 1.54) is 5.56 Å². The Bertz CT molecular complexity index is 631. The van der Waals surface area contributed by atoms with Crippen LogP contribution in [0.25, 0.3) is 0 Å². The summed E-state index contributed by atoms with van der Waals surface area (Å²) in [7, 11) is 0. The van der Waals surface area contributed by atoms with Gasteiger partial charge >= 0.3 is 0 Å². The molecule has 2 rings (SSSR count). The summed E-state index contributed by atoms with van der Waals surface area (Å²) in [5, 5.41) is 26.7. The topological polar surface area (TPSA) is 68.4 Å². The van der Waals surface area contributed by atoms with Gasteiger partial charge < -0.3 is 15.1 Å². The number of nitrogens with zero attached hydrogens (tertiary/aromatic N) is 3. The number of hydrogen-bond donors (Lipinski definition) is 2. The first kappa shape index (κ1) is 18.1. The van der Waals surface area contributed by atoms with Gasteiger partial charge in [0, 0.05) is 18.8 Å². The fourth-order valence-electron chi connectivity index (χ4n) is 2.38. The van der Waals surface area contributed by atoms with Crippen molar-refractivity contribution in [3.05, 3.63) is 54.1 Å². The molecule has 0 saturated carbocycles. The van der Waals surface area contributed by atoms with E-state index in [1.807, 2.05) is 41.3 Å². The summed E-state index contributed by atoms with van der Waals surface area (Å²) in [6, 6.07) is 15.7. The fraction of sp³-hybridized carbons (Fsp3) is 0.368. The molecule has 0 fully saturated rings. The van der Waals surface area contributed by atoms with E-state index in [4.69, 9.17) is 10.2 Å². The van der Waals surface area contributed by atoms with Crippen molar-refractivity contribution in [3.8, 4) is 0 Å². The van der Waals surface area contributed by atoms with Crippen molar-refractivity contribution in [2.45, 2.75) is 19.8 Å². The van der Waals surface area contributed by atoms with Crippen molar-refractivity contribution in [3.63, 3.8) is 0 Å². The lowest BCUT2D eigenvalue weighted by atomic mass is 10.0. The summed E-state index contributed by atoms with van der Waals surface area (Å²) in [6.45, 7) is 5.40. The van der Waals surface area contributed by atoms with Gasteiger partial charge in [-0.15, -0.1) is 0 Å². The maximum atomic E-state index is 9.09. The Labute approximate surface area is 143 Å². The number of aliphatic hydroxyl groups is 2. The first-order valence-electron chi connectivity index (χ1n) is 8.22. The highest BCUT2D eigenvalue weighted by Gasteiger charge is 2.05. The Morgan fingerprint density at radius 1 is 0.792 bits per heavy atom. The molecule has 0 bridgehead atoms. The first-order chi connectivity index (χ1) is 11.6. The molecule has 0 amide bonds. The second kappa shape index (κ2) is 9.15. The Kier molecular flexibility index (Phi) is 6.90. The second-order valence-electron chi connectivity index (χ2n) is 5.90. The Morgan fingerprint density at radius 3 is 1.67 bits per heavy atom. The number of hydrogen-bond acceptors (Lipinski definition) is 5. The zero-order valence-electron chi connectivity index (χ0n) is 14.3. The minimum Gasteiger partial charge on any atom is -0.395 e. The van der Waals surface area contributed by atoms with E-state index in [9.17, 15) is 0 Å². The molecule has 0 aliphatic heterocycles.